The minimum atomic E-state index is 0.814. The summed E-state index contributed by atoms with van der Waals surface area (Å²) in [6.07, 6.45) is 5.41. The molecule has 0 aliphatic carbocycles. The molecule has 2 heteroatoms. The summed E-state index contributed by atoms with van der Waals surface area (Å²) in [6, 6.07) is 9.80. The van der Waals surface area contributed by atoms with Gasteiger partial charge in [-0.15, -0.1) is 0 Å². The monoisotopic (exact) mass is 295 g/mol. The van der Waals surface area contributed by atoms with Crippen molar-refractivity contribution in [2.24, 2.45) is 0 Å². The lowest BCUT2D eigenvalue weighted by Crippen LogP contribution is -2.28. The fraction of sp³-hybridized carbons (Fsp3) is 0.600. The van der Waals surface area contributed by atoms with Gasteiger partial charge in [-0.1, -0.05) is 45.8 Å². The van der Waals surface area contributed by atoms with Crippen molar-refractivity contribution < 1.29 is 0 Å². The average Bonchev–Trinajstić information content (AvgIpc) is 2.77. The van der Waals surface area contributed by atoms with Crippen LogP contribution < -0.4 is 0 Å². The molecule has 0 bridgehead atoms. The Kier molecular flexibility index (Phi) is 5.05. The molecule has 1 unspecified atom stereocenters. The maximum absolute atomic E-state index is 3.53. The minimum absolute atomic E-state index is 0.814. The number of halogens is 1. The van der Waals surface area contributed by atoms with Gasteiger partial charge in [-0.2, -0.15) is 0 Å². The first-order valence-corrected chi connectivity index (χ1v) is 7.77. The Hall–Kier alpha value is -0.340. The first-order valence-electron chi connectivity index (χ1n) is 6.65. The van der Waals surface area contributed by atoms with Crippen LogP contribution >= 0.6 is 15.9 Å². The molecule has 1 nitrogen and oxygen atoms in total. The van der Waals surface area contributed by atoms with E-state index in [-0.39, 0.29) is 0 Å². The Morgan fingerprint density at radius 2 is 2.06 bits per heavy atom. The second-order valence-electron chi connectivity index (χ2n) is 5.08. The molecule has 0 saturated carbocycles. The average molecular weight is 296 g/mol. The van der Waals surface area contributed by atoms with Gasteiger partial charge < -0.3 is 0 Å². The van der Waals surface area contributed by atoms with Crippen molar-refractivity contribution in [3.8, 4) is 0 Å². The summed E-state index contributed by atoms with van der Waals surface area (Å²) < 4.78 is 0. The van der Waals surface area contributed by atoms with E-state index in [1.807, 2.05) is 0 Å². The van der Waals surface area contributed by atoms with Gasteiger partial charge >= 0.3 is 0 Å². The smallest absolute Gasteiger partial charge is 0.0236 e. The largest absolute Gasteiger partial charge is 0.296 e. The number of benzene rings is 1. The highest BCUT2D eigenvalue weighted by molar-refractivity contribution is 9.09. The summed E-state index contributed by atoms with van der Waals surface area (Å²) in [5.74, 6) is 0. The summed E-state index contributed by atoms with van der Waals surface area (Å²) in [4.78, 5) is 2.66. The topological polar surface area (TPSA) is 3.24 Å². The molecular formula is C15H22BrN. The van der Waals surface area contributed by atoms with Crippen LogP contribution in [0.5, 0.6) is 0 Å². The zero-order valence-corrected chi connectivity index (χ0v) is 12.2. The molecule has 1 saturated heterocycles. The van der Waals surface area contributed by atoms with Crippen LogP contribution in [-0.4, -0.2) is 22.8 Å². The third-order valence-corrected chi connectivity index (χ3v) is 4.24. The molecule has 2 rings (SSSR count). The van der Waals surface area contributed by atoms with Crippen LogP contribution in [-0.2, 0) is 6.54 Å². The fourth-order valence-electron chi connectivity index (χ4n) is 2.67. The molecular weight excluding hydrogens is 274 g/mol. The first kappa shape index (κ1) is 13.1. The van der Waals surface area contributed by atoms with E-state index in [0.717, 1.165) is 17.9 Å². The maximum atomic E-state index is 3.53. The van der Waals surface area contributed by atoms with Crippen molar-refractivity contribution >= 4 is 15.9 Å². The molecule has 94 valence electrons. The zero-order valence-electron chi connectivity index (χ0n) is 10.7. The lowest BCUT2D eigenvalue weighted by Gasteiger charge is -2.24. The van der Waals surface area contributed by atoms with Crippen LogP contribution in [0.15, 0.2) is 24.3 Å². The van der Waals surface area contributed by atoms with Gasteiger partial charge in [-0.05, 0) is 44.7 Å². The van der Waals surface area contributed by atoms with E-state index in [0.29, 0.717) is 0 Å². The van der Waals surface area contributed by atoms with Gasteiger partial charge in [-0.25, -0.2) is 0 Å². The molecule has 0 amide bonds. The molecule has 1 aliphatic heterocycles. The summed E-state index contributed by atoms with van der Waals surface area (Å²) in [6.45, 7) is 4.56. The first-order chi connectivity index (χ1) is 8.29. The van der Waals surface area contributed by atoms with E-state index in [9.17, 15) is 0 Å². The highest BCUT2D eigenvalue weighted by Crippen LogP contribution is 2.23. The number of hydrogen-bond donors (Lipinski definition) is 0. The number of hydrogen-bond acceptors (Lipinski definition) is 1. The normalized spacial score (nSPS) is 20.9. The van der Waals surface area contributed by atoms with Crippen molar-refractivity contribution in [1.29, 1.82) is 0 Å². The molecule has 0 aromatic heterocycles. The highest BCUT2D eigenvalue weighted by Gasteiger charge is 2.23. The lowest BCUT2D eigenvalue weighted by molar-refractivity contribution is 0.234. The number of nitrogens with zero attached hydrogens (tertiary/aromatic N) is 1. The predicted octanol–water partition coefficient (Wildman–Crippen LogP) is 4.13. The Morgan fingerprint density at radius 1 is 1.29 bits per heavy atom. The van der Waals surface area contributed by atoms with Gasteiger partial charge in [0, 0.05) is 17.9 Å². The van der Waals surface area contributed by atoms with Crippen molar-refractivity contribution in [3.05, 3.63) is 35.4 Å². The lowest BCUT2D eigenvalue weighted by atomic mass is 10.1. The van der Waals surface area contributed by atoms with Crippen molar-refractivity contribution in [3.63, 3.8) is 0 Å². The molecule has 1 aromatic carbocycles. The molecule has 1 aromatic rings. The Balaban J connectivity index is 1.90. The Bertz CT molecular complexity index is 333. The van der Waals surface area contributed by atoms with Crippen molar-refractivity contribution in [2.75, 3.05) is 11.9 Å². The Morgan fingerprint density at radius 3 is 2.76 bits per heavy atom. The van der Waals surface area contributed by atoms with E-state index in [2.05, 4.69) is 52.0 Å². The SMILES string of the molecule is Cc1ccc(CN2CCCC2CCCBr)cc1. The highest BCUT2D eigenvalue weighted by atomic mass is 79.9. The third-order valence-electron chi connectivity index (χ3n) is 3.68. The standard InChI is InChI=1S/C15H22BrN/c1-13-6-8-14(9-7-13)12-17-11-3-5-15(17)4-2-10-16/h6-9,15H,2-5,10-12H2,1H3. The van der Waals surface area contributed by atoms with Gasteiger partial charge in [0.15, 0.2) is 0 Å². The molecule has 1 heterocycles. The molecule has 1 atom stereocenters. The van der Waals surface area contributed by atoms with Crippen LogP contribution in [0.3, 0.4) is 0 Å². The number of rotatable bonds is 5. The van der Waals surface area contributed by atoms with Crippen LogP contribution in [0.1, 0.15) is 36.8 Å². The second-order valence-corrected chi connectivity index (χ2v) is 5.88. The van der Waals surface area contributed by atoms with Crippen LogP contribution in [0, 0.1) is 6.92 Å². The Labute approximate surface area is 113 Å². The molecule has 0 spiro atoms. The summed E-state index contributed by atoms with van der Waals surface area (Å²) in [5.41, 5.74) is 2.81. The molecule has 17 heavy (non-hydrogen) atoms. The van der Waals surface area contributed by atoms with Gasteiger partial charge in [-0.3, -0.25) is 4.90 Å². The number of alkyl halides is 1. The van der Waals surface area contributed by atoms with Crippen LogP contribution in [0.25, 0.3) is 0 Å². The van der Waals surface area contributed by atoms with Gasteiger partial charge in [0.05, 0.1) is 0 Å². The van der Waals surface area contributed by atoms with E-state index in [4.69, 9.17) is 0 Å². The number of likely N-dealkylation sites (tertiary alicyclic amines) is 1. The van der Waals surface area contributed by atoms with E-state index in [1.165, 1.54) is 43.4 Å². The zero-order chi connectivity index (χ0) is 12.1. The third kappa shape index (κ3) is 3.82. The van der Waals surface area contributed by atoms with Crippen molar-refractivity contribution in [2.45, 2.75) is 45.2 Å². The van der Waals surface area contributed by atoms with Gasteiger partial charge in [0.25, 0.3) is 0 Å². The van der Waals surface area contributed by atoms with E-state index >= 15 is 0 Å². The molecule has 0 radical (unpaired) electrons. The fourth-order valence-corrected chi connectivity index (χ4v) is 2.99. The van der Waals surface area contributed by atoms with E-state index in [1.54, 1.807) is 0 Å². The van der Waals surface area contributed by atoms with Crippen LogP contribution in [0.4, 0.5) is 0 Å². The van der Waals surface area contributed by atoms with Crippen LogP contribution in [0.2, 0.25) is 0 Å². The molecule has 1 fully saturated rings. The number of aryl methyl sites for hydroxylation is 1. The van der Waals surface area contributed by atoms with Gasteiger partial charge in [0.2, 0.25) is 0 Å². The maximum Gasteiger partial charge on any atom is 0.0236 e. The predicted molar refractivity (Wildman–Crippen MR) is 77.6 cm³/mol. The van der Waals surface area contributed by atoms with Gasteiger partial charge in [0.1, 0.15) is 0 Å². The van der Waals surface area contributed by atoms with E-state index < -0.39 is 0 Å². The molecule has 1 aliphatic rings. The summed E-state index contributed by atoms with van der Waals surface area (Å²) in [5, 5.41) is 1.14. The second kappa shape index (κ2) is 6.55. The molecule has 0 N–H and O–H groups in total. The minimum Gasteiger partial charge on any atom is -0.296 e. The van der Waals surface area contributed by atoms with Crippen molar-refractivity contribution in [1.82, 2.24) is 4.90 Å². The summed E-state index contributed by atoms with van der Waals surface area (Å²) in [7, 11) is 0. The quantitative estimate of drug-likeness (QED) is 0.738. The summed E-state index contributed by atoms with van der Waals surface area (Å²) >= 11 is 3.53.